The number of hydrogen-bond donors (Lipinski definition) is 2. The number of nitrogens with one attached hydrogen (secondary N) is 2. The van der Waals surface area contributed by atoms with Crippen molar-refractivity contribution in [1.82, 2.24) is 20.1 Å². The van der Waals surface area contributed by atoms with E-state index in [1.54, 1.807) is 17.1 Å². The molecule has 1 heterocycles. The van der Waals surface area contributed by atoms with E-state index < -0.39 is 0 Å². The first-order valence-electron chi connectivity index (χ1n) is 5.97. The molecule has 0 fully saturated rings. The Kier molecular flexibility index (Phi) is 5.09. The maximum Gasteiger partial charge on any atom is 0.248 e. The van der Waals surface area contributed by atoms with Crippen LogP contribution in [0.1, 0.15) is 5.56 Å². The third kappa shape index (κ3) is 4.32. The van der Waals surface area contributed by atoms with Crippen molar-refractivity contribution in [2.75, 3.05) is 11.9 Å². The molecule has 0 saturated heterocycles. The lowest BCUT2D eigenvalue weighted by Gasteiger charge is -2.04. The van der Waals surface area contributed by atoms with Gasteiger partial charge in [0.05, 0.1) is 6.54 Å². The number of rotatable bonds is 5. The number of nitrogens with zero attached hydrogens (tertiary/aromatic N) is 3. The lowest BCUT2D eigenvalue weighted by Crippen LogP contribution is -2.28. The van der Waals surface area contributed by atoms with E-state index in [0.29, 0.717) is 29.2 Å². The Hall–Kier alpha value is -1.92. The number of anilines is 1. The minimum Gasteiger partial charge on any atom is -0.359 e. The Bertz CT molecular complexity index is 610. The van der Waals surface area contributed by atoms with E-state index in [-0.39, 0.29) is 0 Å². The quantitative estimate of drug-likeness (QED) is 0.656. The van der Waals surface area contributed by atoms with Crippen LogP contribution in [0.4, 0.5) is 5.95 Å². The van der Waals surface area contributed by atoms with E-state index in [1.807, 2.05) is 24.3 Å². The van der Waals surface area contributed by atoms with Gasteiger partial charge in [0, 0.05) is 11.6 Å². The lowest BCUT2D eigenvalue weighted by molar-refractivity contribution is 0.687. The zero-order valence-corrected chi connectivity index (χ0v) is 12.3. The Morgan fingerprint density at radius 2 is 2.35 bits per heavy atom. The maximum atomic E-state index is 5.94. The van der Waals surface area contributed by atoms with Crippen molar-refractivity contribution in [1.29, 1.82) is 0 Å². The van der Waals surface area contributed by atoms with Crippen LogP contribution in [-0.2, 0) is 6.54 Å². The van der Waals surface area contributed by atoms with Crippen molar-refractivity contribution in [2.45, 2.75) is 6.54 Å². The molecular formula is C13H14ClN5S. The highest BCUT2D eigenvalue weighted by atomic mass is 35.5. The smallest absolute Gasteiger partial charge is 0.248 e. The van der Waals surface area contributed by atoms with Crippen LogP contribution < -0.4 is 10.6 Å². The Morgan fingerprint density at radius 1 is 1.50 bits per heavy atom. The molecule has 0 atom stereocenters. The number of hydrogen-bond acceptors (Lipinski definition) is 3. The van der Waals surface area contributed by atoms with Gasteiger partial charge >= 0.3 is 0 Å². The van der Waals surface area contributed by atoms with Crippen LogP contribution in [-0.4, -0.2) is 26.4 Å². The zero-order valence-electron chi connectivity index (χ0n) is 10.7. The number of aromatic nitrogens is 3. The Labute approximate surface area is 127 Å². The van der Waals surface area contributed by atoms with Crippen molar-refractivity contribution in [3.8, 4) is 0 Å². The molecule has 1 aromatic heterocycles. The van der Waals surface area contributed by atoms with Crippen LogP contribution in [0.25, 0.3) is 0 Å². The molecular weight excluding hydrogens is 294 g/mol. The van der Waals surface area contributed by atoms with Gasteiger partial charge in [-0.1, -0.05) is 29.8 Å². The second-order valence-electron chi connectivity index (χ2n) is 4.02. The fourth-order valence-corrected chi connectivity index (χ4v) is 1.95. The van der Waals surface area contributed by atoms with E-state index in [2.05, 4.69) is 27.3 Å². The zero-order chi connectivity index (χ0) is 14.4. The summed E-state index contributed by atoms with van der Waals surface area (Å²) in [6.07, 6.45) is 3.36. The van der Waals surface area contributed by atoms with Gasteiger partial charge in [-0.05, 0) is 29.9 Å². The highest BCUT2D eigenvalue weighted by molar-refractivity contribution is 7.80. The molecule has 7 heteroatoms. The average Bonchev–Trinajstić information content (AvgIpc) is 2.83. The molecule has 0 unspecified atom stereocenters. The largest absolute Gasteiger partial charge is 0.359 e. The van der Waals surface area contributed by atoms with Crippen LogP contribution in [0, 0.1) is 0 Å². The summed E-state index contributed by atoms with van der Waals surface area (Å²) in [7, 11) is 0. The predicted octanol–water partition coefficient (Wildman–Crippen LogP) is 2.45. The molecule has 0 aliphatic heterocycles. The van der Waals surface area contributed by atoms with Gasteiger partial charge in [-0.2, -0.15) is 0 Å². The van der Waals surface area contributed by atoms with Crippen LogP contribution in [0.5, 0.6) is 0 Å². The second-order valence-corrected chi connectivity index (χ2v) is 4.86. The molecule has 104 valence electrons. The second kappa shape index (κ2) is 7.02. The van der Waals surface area contributed by atoms with Crippen LogP contribution in [0.15, 0.2) is 43.2 Å². The third-order valence-electron chi connectivity index (χ3n) is 2.40. The fraction of sp³-hybridized carbons (Fsp3) is 0.154. The van der Waals surface area contributed by atoms with E-state index in [9.17, 15) is 0 Å². The maximum absolute atomic E-state index is 5.94. The van der Waals surface area contributed by atoms with Crippen LogP contribution in [0.3, 0.4) is 0 Å². The summed E-state index contributed by atoms with van der Waals surface area (Å²) in [6, 6.07) is 7.62. The van der Waals surface area contributed by atoms with Gasteiger partial charge in [-0.15, -0.1) is 11.7 Å². The van der Waals surface area contributed by atoms with E-state index in [4.69, 9.17) is 23.8 Å². The van der Waals surface area contributed by atoms with Gasteiger partial charge in [-0.25, -0.2) is 9.67 Å². The summed E-state index contributed by atoms with van der Waals surface area (Å²) in [5, 5.41) is 11.3. The summed E-state index contributed by atoms with van der Waals surface area (Å²) in [5.74, 6) is 0.452. The topological polar surface area (TPSA) is 54.8 Å². The van der Waals surface area contributed by atoms with Crippen molar-refractivity contribution in [3.63, 3.8) is 0 Å². The van der Waals surface area contributed by atoms with Crippen molar-refractivity contribution in [3.05, 3.63) is 53.8 Å². The van der Waals surface area contributed by atoms with Crippen molar-refractivity contribution >= 4 is 34.9 Å². The minimum atomic E-state index is 0.452. The van der Waals surface area contributed by atoms with Gasteiger partial charge in [-0.3, -0.25) is 5.32 Å². The Balaban J connectivity index is 1.95. The van der Waals surface area contributed by atoms with E-state index in [1.165, 1.54) is 0 Å². The first kappa shape index (κ1) is 14.5. The molecule has 0 bridgehead atoms. The first-order valence-corrected chi connectivity index (χ1v) is 6.75. The van der Waals surface area contributed by atoms with Gasteiger partial charge in [0.15, 0.2) is 5.11 Å². The Morgan fingerprint density at radius 3 is 3.10 bits per heavy atom. The molecule has 0 radical (unpaired) electrons. The highest BCUT2D eigenvalue weighted by Crippen LogP contribution is 2.11. The highest BCUT2D eigenvalue weighted by Gasteiger charge is 2.03. The normalized spacial score (nSPS) is 10.1. The van der Waals surface area contributed by atoms with Crippen molar-refractivity contribution < 1.29 is 0 Å². The summed E-state index contributed by atoms with van der Waals surface area (Å²) >= 11 is 11.0. The molecule has 2 rings (SSSR count). The third-order valence-corrected chi connectivity index (χ3v) is 2.88. The van der Waals surface area contributed by atoms with Gasteiger partial charge in [0.1, 0.15) is 6.33 Å². The predicted molar refractivity (Wildman–Crippen MR) is 85.0 cm³/mol. The van der Waals surface area contributed by atoms with Crippen LogP contribution in [0.2, 0.25) is 5.02 Å². The number of benzene rings is 1. The first-order chi connectivity index (χ1) is 9.67. The molecule has 0 amide bonds. The summed E-state index contributed by atoms with van der Waals surface area (Å²) < 4.78 is 1.71. The van der Waals surface area contributed by atoms with Crippen molar-refractivity contribution in [2.24, 2.45) is 0 Å². The standard InChI is InChI=1S/C13H14ClN5S/c1-2-6-15-13(20)17-12-16-9-19(18-12)8-10-4-3-5-11(14)7-10/h2-5,7,9H,1,6,8H2,(H2,15,17,18,20). The van der Waals surface area contributed by atoms with Gasteiger partial charge in [0.25, 0.3) is 0 Å². The van der Waals surface area contributed by atoms with Gasteiger partial charge in [0.2, 0.25) is 5.95 Å². The molecule has 20 heavy (non-hydrogen) atoms. The molecule has 0 aliphatic rings. The molecule has 0 aliphatic carbocycles. The van der Waals surface area contributed by atoms with Gasteiger partial charge < -0.3 is 5.32 Å². The SMILES string of the molecule is C=CCNC(=S)Nc1ncn(Cc2cccc(Cl)c2)n1. The fourth-order valence-electron chi connectivity index (χ4n) is 1.56. The summed E-state index contributed by atoms with van der Waals surface area (Å²) in [6.45, 7) is 4.79. The minimum absolute atomic E-state index is 0.452. The van der Waals surface area contributed by atoms with E-state index in [0.717, 1.165) is 5.56 Å². The summed E-state index contributed by atoms with van der Waals surface area (Å²) in [5.41, 5.74) is 1.06. The van der Waals surface area contributed by atoms with E-state index >= 15 is 0 Å². The number of halogens is 1. The molecule has 2 aromatic rings. The average molecular weight is 308 g/mol. The molecule has 5 nitrogen and oxygen atoms in total. The number of thiocarbonyl (C=S) groups is 1. The molecule has 0 spiro atoms. The lowest BCUT2D eigenvalue weighted by atomic mass is 10.2. The molecule has 2 N–H and O–H groups in total. The van der Waals surface area contributed by atoms with Crippen LogP contribution >= 0.6 is 23.8 Å². The monoisotopic (exact) mass is 307 g/mol. The molecule has 1 aromatic carbocycles. The molecule has 0 saturated carbocycles. The summed E-state index contributed by atoms with van der Waals surface area (Å²) in [4.78, 5) is 4.14.